The van der Waals surface area contributed by atoms with Gasteiger partial charge in [-0.05, 0) is 31.4 Å². The van der Waals surface area contributed by atoms with Crippen LogP contribution in [0, 0.1) is 5.92 Å². The Kier molecular flexibility index (Phi) is 3.23. The Balaban J connectivity index is 1.81. The van der Waals surface area contributed by atoms with Crippen LogP contribution in [0.1, 0.15) is 19.3 Å². The van der Waals surface area contributed by atoms with Gasteiger partial charge >= 0.3 is 12.0 Å². The number of benzene rings is 1. The molecule has 3 unspecified atom stereocenters. The van der Waals surface area contributed by atoms with Crippen molar-refractivity contribution < 1.29 is 19.8 Å². The number of phenolic OH excluding ortho intramolecular Hbond substituents is 1. The average Bonchev–Trinajstić information content (AvgIpc) is 3.03. The largest absolute Gasteiger partial charge is 0.508 e. The molecule has 2 saturated heterocycles. The van der Waals surface area contributed by atoms with E-state index in [4.69, 9.17) is 0 Å². The van der Waals surface area contributed by atoms with Gasteiger partial charge < -0.3 is 15.1 Å². The van der Waals surface area contributed by atoms with Crippen molar-refractivity contribution in [1.82, 2.24) is 4.90 Å². The molecule has 2 bridgehead atoms. The molecule has 1 aromatic carbocycles. The highest BCUT2D eigenvalue weighted by Crippen LogP contribution is 2.42. The van der Waals surface area contributed by atoms with Gasteiger partial charge in [-0.3, -0.25) is 9.69 Å². The Bertz CT molecular complexity index is 589. The second kappa shape index (κ2) is 4.95. The lowest BCUT2D eigenvalue weighted by Gasteiger charge is -2.29. The minimum atomic E-state index is -0.819. The molecule has 112 valence electrons. The lowest BCUT2D eigenvalue weighted by Crippen LogP contribution is -2.45. The molecular formula is C15H18N2O4. The SMILES string of the molecule is CN(C(=O)N1C2CCC1C(C(=O)O)C2)c1cccc(O)c1. The van der Waals surface area contributed by atoms with Gasteiger partial charge in [-0.1, -0.05) is 6.07 Å². The molecule has 0 aliphatic carbocycles. The maximum Gasteiger partial charge on any atom is 0.324 e. The van der Waals surface area contributed by atoms with Gasteiger partial charge in [0.05, 0.1) is 5.92 Å². The maximum absolute atomic E-state index is 12.7. The molecule has 2 N–H and O–H groups in total. The predicted molar refractivity (Wildman–Crippen MR) is 76.3 cm³/mol. The number of rotatable bonds is 2. The quantitative estimate of drug-likeness (QED) is 0.871. The summed E-state index contributed by atoms with van der Waals surface area (Å²) >= 11 is 0. The van der Waals surface area contributed by atoms with E-state index in [0.717, 1.165) is 12.8 Å². The van der Waals surface area contributed by atoms with E-state index in [1.54, 1.807) is 30.1 Å². The van der Waals surface area contributed by atoms with E-state index >= 15 is 0 Å². The summed E-state index contributed by atoms with van der Waals surface area (Å²) in [5.41, 5.74) is 0.596. The topological polar surface area (TPSA) is 81.1 Å². The summed E-state index contributed by atoms with van der Waals surface area (Å²) in [5.74, 6) is -1.18. The van der Waals surface area contributed by atoms with Crippen molar-refractivity contribution in [3.8, 4) is 5.75 Å². The minimum Gasteiger partial charge on any atom is -0.508 e. The molecule has 6 nitrogen and oxygen atoms in total. The van der Waals surface area contributed by atoms with Crippen molar-refractivity contribution in [1.29, 1.82) is 0 Å². The number of anilines is 1. The molecule has 2 amide bonds. The molecule has 2 aliphatic heterocycles. The average molecular weight is 290 g/mol. The first-order chi connectivity index (χ1) is 9.99. The lowest BCUT2D eigenvalue weighted by molar-refractivity contribution is -0.142. The van der Waals surface area contributed by atoms with Crippen molar-refractivity contribution in [3.63, 3.8) is 0 Å². The zero-order chi connectivity index (χ0) is 15.1. The smallest absolute Gasteiger partial charge is 0.324 e. The monoisotopic (exact) mass is 290 g/mol. The molecule has 2 fully saturated rings. The van der Waals surface area contributed by atoms with Crippen LogP contribution in [0.4, 0.5) is 10.5 Å². The Hall–Kier alpha value is -2.24. The molecule has 21 heavy (non-hydrogen) atoms. The van der Waals surface area contributed by atoms with Gasteiger partial charge in [0, 0.05) is 30.9 Å². The number of hydrogen-bond donors (Lipinski definition) is 2. The molecular weight excluding hydrogens is 272 g/mol. The normalized spacial score (nSPS) is 26.9. The van der Waals surface area contributed by atoms with Crippen LogP contribution in [0.25, 0.3) is 0 Å². The molecule has 0 radical (unpaired) electrons. The van der Waals surface area contributed by atoms with Crippen LogP contribution in [-0.4, -0.2) is 46.2 Å². The highest BCUT2D eigenvalue weighted by atomic mass is 16.4. The number of urea groups is 1. The first-order valence-corrected chi connectivity index (χ1v) is 7.07. The number of carboxylic acids is 1. The van der Waals surface area contributed by atoms with E-state index in [2.05, 4.69) is 0 Å². The van der Waals surface area contributed by atoms with Crippen LogP contribution < -0.4 is 4.90 Å². The van der Waals surface area contributed by atoms with E-state index < -0.39 is 11.9 Å². The number of fused-ring (bicyclic) bond motifs is 2. The molecule has 6 heteroatoms. The van der Waals surface area contributed by atoms with Crippen LogP contribution in [-0.2, 0) is 4.79 Å². The van der Waals surface area contributed by atoms with Crippen molar-refractivity contribution in [2.75, 3.05) is 11.9 Å². The van der Waals surface area contributed by atoms with Gasteiger partial charge in [-0.15, -0.1) is 0 Å². The van der Waals surface area contributed by atoms with Gasteiger partial charge in [0.2, 0.25) is 0 Å². The second-order valence-corrected chi connectivity index (χ2v) is 5.75. The fraction of sp³-hybridized carbons (Fsp3) is 0.467. The number of aromatic hydroxyl groups is 1. The van der Waals surface area contributed by atoms with Gasteiger partial charge in [0.25, 0.3) is 0 Å². The molecule has 2 aliphatic rings. The van der Waals surface area contributed by atoms with Crippen LogP contribution >= 0.6 is 0 Å². The van der Waals surface area contributed by atoms with Crippen LogP contribution in [0.5, 0.6) is 5.75 Å². The highest BCUT2D eigenvalue weighted by Gasteiger charge is 2.52. The van der Waals surface area contributed by atoms with Gasteiger partial charge in [-0.25, -0.2) is 4.79 Å². The van der Waals surface area contributed by atoms with Crippen molar-refractivity contribution in [3.05, 3.63) is 24.3 Å². The van der Waals surface area contributed by atoms with Crippen LogP contribution in [0.3, 0.4) is 0 Å². The molecule has 0 aromatic heterocycles. The van der Waals surface area contributed by atoms with Gasteiger partial charge in [0.1, 0.15) is 5.75 Å². The summed E-state index contributed by atoms with van der Waals surface area (Å²) in [6.45, 7) is 0. The van der Waals surface area contributed by atoms with Crippen molar-refractivity contribution in [2.45, 2.75) is 31.3 Å². The third-order valence-corrected chi connectivity index (χ3v) is 4.58. The summed E-state index contributed by atoms with van der Waals surface area (Å²) in [6, 6.07) is 6.09. The van der Waals surface area contributed by atoms with Crippen LogP contribution in [0.2, 0.25) is 0 Å². The number of hydrogen-bond acceptors (Lipinski definition) is 3. The number of aliphatic carboxylic acids is 1. The number of phenols is 1. The maximum atomic E-state index is 12.7. The number of carbonyl (C=O) groups is 2. The standard InChI is InChI=1S/C15H18N2O4/c1-16(9-3-2-4-11(18)7-9)15(21)17-10-5-6-13(17)12(8-10)14(19)20/h2-4,7,10,12-13,18H,5-6,8H2,1H3,(H,19,20). The molecule has 0 spiro atoms. The fourth-order valence-corrected chi connectivity index (χ4v) is 3.54. The van der Waals surface area contributed by atoms with E-state index in [1.165, 1.54) is 11.0 Å². The molecule has 1 aromatic rings. The molecule has 0 saturated carbocycles. The number of carbonyl (C=O) groups excluding carboxylic acids is 1. The summed E-state index contributed by atoms with van der Waals surface area (Å²) in [5, 5.41) is 18.8. The first kappa shape index (κ1) is 13.7. The number of amides is 2. The number of nitrogens with zero attached hydrogens (tertiary/aromatic N) is 2. The Morgan fingerprint density at radius 1 is 1.33 bits per heavy atom. The van der Waals surface area contributed by atoms with E-state index in [9.17, 15) is 19.8 Å². The van der Waals surface area contributed by atoms with Crippen molar-refractivity contribution >= 4 is 17.7 Å². The summed E-state index contributed by atoms with van der Waals surface area (Å²) in [7, 11) is 1.64. The summed E-state index contributed by atoms with van der Waals surface area (Å²) in [4.78, 5) is 27.1. The predicted octanol–water partition coefficient (Wildman–Crippen LogP) is 1.89. The van der Waals surface area contributed by atoms with Gasteiger partial charge in [0.15, 0.2) is 0 Å². The third kappa shape index (κ3) is 2.20. The Labute approximate surface area is 122 Å². The molecule has 3 rings (SSSR count). The fourth-order valence-electron chi connectivity index (χ4n) is 3.54. The van der Waals surface area contributed by atoms with Crippen LogP contribution in [0.15, 0.2) is 24.3 Å². The third-order valence-electron chi connectivity index (χ3n) is 4.58. The Morgan fingerprint density at radius 2 is 2.10 bits per heavy atom. The molecule has 3 atom stereocenters. The minimum absolute atomic E-state index is 0.0170. The molecule has 2 heterocycles. The van der Waals surface area contributed by atoms with Gasteiger partial charge in [-0.2, -0.15) is 0 Å². The first-order valence-electron chi connectivity index (χ1n) is 7.07. The highest BCUT2D eigenvalue weighted by molar-refractivity contribution is 5.93. The Morgan fingerprint density at radius 3 is 2.71 bits per heavy atom. The van der Waals surface area contributed by atoms with E-state index in [0.29, 0.717) is 12.1 Å². The summed E-state index contributed by atoms with van der Waals surface area (Å²) < 4.78 is 0. The zero-order valence-electron chi connectivity index (χ0n) is 11.8. The van der Waals surface area contributed by atoms with E-state index in [-0.39, 0.29) is 23.9 Å². The van der Waals surface area contributed by atoms with Crippen molar-refractivity contribution in [2.24, 2.45) is 5.92 Å². The number of carboxylic acid groups (broad SMARTS) is 1. The lowest BCUT2D eigenvalue weighted by atomic mass is 9.89. The van der Waals surface area contributed by atoms with E-state index in [1.807, 2.05) is 0 Å². The second-order valence-electron chi connectivity index (χ2n) is 5.75. The zero-order valence-corrected chi connectivity index (χ0v) is 11.8. The summed E-state index contributed by atoms with van der Waals surface area (Å²) in [6.07, 6.45) is 2.16.